The molecule has 1 fully saturated rings. The number of ether oxygens (including phenoxy) is 1. The Labute approximate surface area is 172 Å². The zero-order valence-corrected chi connectivity index (χ0v) is 17.0. The third-order valence-corrected chi connectivity index (χ3v) is 5.21. The van der Waals surface area contributed by atoms with Crippen molar-refractivity contribution in [2.45, 2.75) is 12.8 Å². The lowest BCUT2D eigenvalue weighted by Gasteiger charge is -2.34. The van der Waals surface area contributed by atoms with Gasteiger partial charge >= 0.3 is 0 Å². The molecule has 0 atom stereocenters. The number of rotatable bonds is 8. The van der Waals surface area contributed by atoms with Gasteiger partial charge in [-0.3, -0.25) is 14.5 Å². The first kappa shape index (κ1) is 20.9. The molecule has 0 saturated carbocycles. The van der Waals surface area contributed by atoms with Gasteiger partial charge in [0.25, 0.3) is 5.91 Å². The minimum Gasteiger partial charge on any atom is -0.497 e. The van der Waals surface area contributed by atoms with Crippen molar-refractivity contribution in [3.8, 4) is 5.75 Å². The van der Waals surface area contributed by atoms with Crippen LogP contribution >= 0.6 is 0 Å². The molecule has 2 aromatic rings. The fraction of sp³-hybridized carbons (Fsp3) is 0.391. The van der Waals surface area contributed by atoms with Crippen LogP contribution in [0.4, 0.5) is 0 Å². The molecule has 0 aromatic heterocycles. The number of carbonyl (C=O) groups is 2. The van der Waals surface area contributed by atoms with Gasteiger partial charge in [0.15, 0.2) is 0 Å². The maximum absolute atomic E-state index is 12.5. The van der Waals surface area contributed by atoms with E-state index in [1.54, 1.807) is 7.11 Å². The molecule has 0 aliphatic carbocycles. The van der Waals surface area contributed by atoms with Crippen LogP contribution in [0.2, 0.25) is 0 Å². The summed E-state index contributed by atoms with van der Waals surface area (Å²) in [6.45, 7) is 4.54. The van der Waals surface area contributed by atoms with E-state index in [4.69, 9.17) is 4.74 Å². The molecular formula is C23H29N3O3. The van der Waals surface area contributed by atoms with Gasteiger partial charge in [-0.2, -0.15) is 0 Å². The van der Waals surface area contributed by atoms with Gasteiger partial charge in [0.05, 0.1) is 7.11 Å². The van der Waals surface area contributed by atoms with Gasteiger partial charge < -0.3 is 15.0 Å². The van der Waals surface area contributed by atoms with Crippen molar-refractivity contribution in [3.05, 3.63) is 65.7 Å². The Morgan fingerprint density at radius 3 is 2.48 bits per heavy atom. The minimum atomic E-state index is 0.0608. The molecule has 6 heteroatoms. The summed E-state index contributed by atoms with van der Waals surface area (Å²) >= 11 is 0. The van der Waals surface area contributed by atoms with Crippen molar-refractivity contribution >= 4 is 11.8 Å². The standard InChI is InChI=1S/C23H29N3O3/c1-29-21-9-5-6-19(18-21)10-11-22(27)24-12-13-25-14-16-26(17-15-25)23(28)20-7-3-2-4-8-20/h2-9,18H,10-17H2,1H3,(H,24,27). The van der Waals surface area contributed by atoms with Gasteiger partial charge in [-0.25, -0.2) is 0 Å². The van der Waals surface area contributed by atoms with Crippen LogP contribution in [0.5, 0.6) is 5.75 Å². The van der Waals surface area contributed by atoms with E-state index in [2.05, 4.69) is 10.2 Å². The van der Waals surface area contributed by atoms with Gasteiger partial charge in [0.1, 0.15) is 5.75 Å². The molecule has 154 valence electrons. The fourth-order valence-electron chi connectivity index (χ4n) is 3.47. The molecule has 0 unspecified atom stereocenters. The van der Waals surface area contributed by atoms with Crippen LogP contribution < -0.4 is 10.1 Å². The monoisotopic (exact) mass is 395 g/mol. The van der Waals surface area contributed by atoms with Crippen LogP contribution in [0, 0.1) is 0 Å². The lowest BCUT2D eigenvalue weighted by atomic mass is 10.1. The molecule has 3 rings (SSSR count). The van der Waals surface area contributed by atoms with Gasteiger partial charge in [0, 0.05) is 51.3 Å². The molecule has 1 saturated heterocycles. The molecule has 6 nitrogen and oxygen atoms in total. The van der Waals surface area contributed by atoms with E-state index < -0.39 is 0 Å². The Kier molecular flexibility index (Phi) is 7.64. The number of benzene rings is 2. The largest absolute Gasteiger partial charge is 0.497 e. The zero-order chi connectivity index (χ0) is 20.5. The number of nitrogens with one attached hydrogen (secondary N) is 1. The molecular weight excluding hydrogens is 366 g/mol. The maximum Gasteiger partial charge on any atom is 0.253 e. The second-order valence-electron chi connectivity index (χ2n) is 7.20. The Balaban J connectivity index is 1.32. The first-order valence-corrected chi connectivity index (χ1v) is 10.1. The lowest BCUT2D eigenvalue weighted by molar-refractivity contribution is -0.121. The van der Waals surface area contributed by atoms with Gasteiger partial charge in [-0.1, -0.05) is 30.3 Å². The van der Waals surface area contributed by atoms with Gasteiger partial charge in [-0.05, 0) is 36.2 Å². The highest BCUT2D eigenvalue weighted by Gasteiger charge is 2.21. The van der Waals surface area contributed by atoms with Crippen LogP contribution in [0.3, 0.4) is 0 Å². The first-order chi connectivity index (χ1) is 14.2. The molecule has 0 bridgehead atoms. The van der Waals surface area contributed by atoms with E-state index in [9.17, 15) is 9.59 Å². The number of nitrogens with zero attached hydrogens (tertiary/aromatic N) is 2. The Morgan fingerprint density at radius 1 is 1.00 bits per heavy atom. The van der Waals surface area contributed by atoms with E-state index in [1.807, 2.05) is 59.5 Å². The highest BCUT2D eigenvalue weighted by atomic mass is 16.5. The highest BCUT2D eigenvalue weighted by molar-refractivity contribution is 5.94. The summed E-state index contributed by atoms with van der Waals surface area (Å²) < 4.78 is 5.21. The second kappa shape index (κ2) is 10.6. The average molecular weight is 396 g/mol. The van der Waals surface area contributed by atoms with Crippen LogP contribution in [0.15, 0.2) is 54.6 Å². The third-order valence-electron chi connectivity index (χ3n) is 5.21. The van der Waals surface area contributed by atoms with E-state index >= 15 is 0 Å². The van der Waals surface area contributed by atoms with Gasteiger partial charge in [-0.15, -0.1) is 0 Å². The number of amides is 2. The molecule has 2 amide bonds. The summed E-state index contributed by atoms with van der Waals surface area (Å²) in [4.78, 5) is 28.8. The third kappa shape index (κ3) is 6.32. The van der Waals surface area contributed by atoms with Crippen molar-refractivity contribution in [1.82, 2.24) is 15.1 Å². The Morgan fingerprint density at radius 2 is 1.76 bits per heavy atom. The van der Waals surface area contributed by atoms with Crippen molar-refractivity contribution in [3.63, 3.8) is 0 Å². The SMILES string of the molecule is COc1cccc(CCC(=O)NCCN2CCN(C(=O)c3ccccc3)CC2)c1. The van der Waals surface area contributed by atoms with Gasteiger partial charge in [0.2, 0.25) is 5.91 Å². The number of carbonyl (C=O) groups excluding carboxylic acids is 2. The lowest BCUT2D eigenvalue weighted by Crippen LogP contribution is -2.50. The number of methoxy groups -OCH3 is 1. The predicted molar refractivity (Wildman–Crippen MR) is 113 cm³/mol. The Bertz CT molecular complexity index is 802. The predicted octanol–water partition coefficient (Wildman–Crippen LogP) is 2.20. The normalized spacial score (nSPS) is 14.4. The smallest absolute Gasteiger partial charge is 0.253 e. The molecule has 1 aliphatic heterocycles. The van der Waals surface area contributed by atoms with E-state index in [1.165, 1.54) is 0 Å². The summed E-state index contributed by atoms with van der Waals surface area (Å²) in [6, 6.07) is 17.2. The molecule has 2 aromatic carbocycles. The molecule has 1 N–H and O–H groups in total. The molecule has 0 spiro atoms. The molecule has 1 heterocycles. The Hall–Kier alpha value is -2.86. The molecule has 1 aliphatic rings. The van der Waals surface area contributed by atoms with E-state index in [0.29, 0.717) is 19.4 Å². The fourth-order valence-corrected chi connectivity index (χ4v) is 3.47. The highest BCUT2D eigenvalue weighted by Crippen LogP contribution is 2.14. The number of piperazine rings is 1. The zero-order valence-electron chi connectivity index (χ0n) is 17.0. The minimum absolute atomic E-state index is 0.0608. The summed E-state index contributed by atoms with van der Waals surface area (Å²) in [5.41, 5.74) is 1.84. The summed E-state index contributed by atoms with van der Waals surface area (Å²) in [7, 11) is 1.64. The van der Waals surface area contributed by atoms with Crippen molar-refractivity contribution < 1.29 is 14.3 Å². The second-order valence-corrected chi connectivity index (χ2v) is 7.20. The van der Waals surface area contributed by atoms with Crippen LogP contribution in [0.1, 0.15) is 22.3 Å². The number of aryl methyl sites for hydroxylation is 1. The average Bonchev–Trinajstić information content (AvgIpc) is 2.78. The number of hydrogen-bond donors (Lipinski definition) is 1. The number of hydrogen-bond acceptors (Lipinski definition) is 4. The topological polar surface area (TPSA) is 61.9 Å². The van der Waals surface area contributed by atoms with Crippen LogP contribution in [-0.4, -0.2) is 68.0 Å². The van der Waals surface area contributed by atoms with E-state index in [-0.39, 0.29) is 11.8 Å². The van der Waals surface area contributed by atoms with Crippen molar-refractivity contribution in [1.29, 1.82) is 0 Å². The summed E-state index contributed by atoms with van der Waals surface area (Å²) in [5.74, 6) is 0.967. The van der Waals surface area contributed by atoms with Crippen LogP contribution in [-0.2, 0) is 11.2 Å². The quantitative estimate of drug-likeness (QED) is 0.744. The first-order valence-electron chi connectivity index (χ1n) is 10.1. The van der Waals surface area contributed by atoms with Crippen molar-refractivity contribution in [2.75, 3.05) is 46.4 Å². The van der Waals surface area contributed by atoms with Crippen LogP contribution in [0.25, 0.3) is 0 Å². The van der Waals surface area contributed by atoms with Crippen molar-refractivity contribution in [2.24, 2.45) is 0 Å². The molecule has 29 heavy (non-hydrogen) atoms. The summed E-state index contributed by atoms with van der Waals surface area (Å²) in [5, 5.41) is 3.00. The molecule has 0 radical (unpaired) electrons. The maximum atomic E-state index is 12.5. The summed E-state index contributed by atoms with van der Waals surface area (Å²) in [6.07, 6.45) is 1.16. The van der Waals surface area contributed by atoms with E-state index in [0.717, 1.165) is 49.6 Å².